The summed E-state index contributed by atoms with van der Waals surface area (Å²) in [5.41, 5.74) is -0.416. The second-order valence-corrected chi connectivity index (χ2v) is 7.36. The first-order chi connectivity index (χ1) is 9.08. The van der Waals surface area contributed by atoms with Crippen molar-refractivity contribution >= 4 is 6.09 Å². The summed E-state index contributed by atoms with van der Waals surface area (Å²) in [6.07, 6.45) is -0.204. The fourth-order valence-corrected chi connectivity index (χ4v) is 2.21. The van der Waals surface area contributed by atoms with Crippen LogP contribution in [0.2, 0.25) is 0 Å². The van der Waals surface area contributed by atoms with Gasteiger partial charge in [0.1, 0.15) is 5.60 Å². The van der Waals surface area contributed by atoms with E-state index in [1.807, 2.05) is 20.8 Å². The highest BCUT2D eigenvalue weighted by atomic mass is 16.6. The fraction of sp³-hybridized carbons (Fsp3) is 0.933. The first-order valence-electron chi connectivity index (χ1n) is 7.47. The summed E-state index contributed by atoms with van der Waals surface area (Å²) < 4.78 is 5.36. The number of carbonyl (C=O) groups is 1. The molecule has 1 aliphatic rings. The maximum atomic E-state index is 11.9. The van der Waals surface area contributed by atoms with Crippen LogP contribution in [0.25, 0.3) is 0 Å². The fourth-order valence-electron chi connectivity index (χ4n) is 2.21. The quantitative estimate of drug-likeness (QED) is 0.836. The third-order valence-electron chi connectivity index (χ3n) is 3.35. The molecule has 1 fully saturated rings. The second-order valence-electron chi connectivity index (χ2n) is 7.36. The van der Waals surface area contributed by atoms with Gasteiger partial charge in [-0.05, 0) is 40.8 Å². The lowest BCUT2D eigenvalue weighted by molar-refractivity contribution is 0.00315. The average Bonchev–Trinajstić information content (AvgIpc) is 2.16. The molecule has 0 bridgehead atoms. The average molecular weight is 285 g/mol. The number of ether oxygens (including phenoxy) is 1. The summed E-state index contributed by atoms with van der Waals surface area (Å²) in [5.74, 6) is 0.577. The first kappa shape index (κ1) is 17.2. The number of amides is 1. The molecular formula is C15H31N3O2. The molecule has 0 spiro atoms. The van der Waals surface area contributed by atoms with Gasteiger partial charge in [-0.3, -0.25) is 0 Å². The molecule has 0 aromatic rings. The maximum absolute atomic E-state index is 11.9. The number of hydrogen-bond donors (Lipinski definition) is 1. The molecule has 20 heavy (non-hydrogen) atoms. The van der Waals surface area contributed by atoms with E-state index in [4.69, 9.17) is 4.74 Å². The molecule has 1 atom stereocenters. The summed E-state index contributed by atoms with van der Waals surface area (Å²) in [6.45, 7) is 12.6. The Labute approximate surface area is 123 Å². The standard InChI is InChI=1S/C15H31N3O2/c1-11(2)13(10-17(6)7)16-12-8-18(9-12)14(19)20-15(3,4)5/h11-13,16H,8-10H2,1-7H3. The van der Waals surface area contributed by atoms with Crippen LogP contribution >= 0.6 is 0 Å². The lowest BCUT2D eigenvalue weighted by Gasteiger charge is -2.42. The molecule has 5 heteroatoms. The summed E-state index contributed by atoms with van der Waals surface area (Å²) in [6, 6.07) is 0.839. The molecule has 1 amide bonds. The van der Waals surface area contributed by atoms with E-state index in [2.05, 4.69) is 38.2 Å². The van der Waals surface area contributed by atoms with E-state index in [1.54, 1.807) is 4.90 Å². The highest BCUT2D eigenvalue weighted by Crippen LogP contribution is 2.16. The molecule has 0 aromatic heterocycles. The number of carbonyl (C=O) groups excluding carboxylic acids is 1. The van der Waals surface area contributed by atoms with E-state index >= 15 is 0 Å². The van der Waals surface area contributed by atoms with Gasteiger partial charge in [-0.15, -0.1) is 0 Å². The van der Waals surface area contributed by atoms with Crippen LogP contribution in [0.5, 0.6) is 0 Å². The highest BCUT2D eigenvalue weighted by Gasteiger charge is 2.35. The zero-order valence-electron chi connectivity index (χ0n) is 14.1. The normalized spacial score (nSPS) is 18.4. The lowest BCUT2D eigenvalue weighted by atomic mass is 10.0. The largest absolute Gasteiger partial charge is 0.444 e. The zero-order chi connectivity index (χ0) is 15.5. The molecular weight excluding hydrogens is 254 g/mol. The van der Waals surface area contributed by atoms with Crippen molar-refractivity contribution in [1.29, 1.82) is 0 Å². The second kappa shape index (κ2) is 6.76. The van der Waals surface area contributed by atoms with Crippen molar-refractivity contribution in [3.8, 4) is 0 Å². The Balaban J connectivity index is 2.35. The van der Waals surface area contributed by atoms with Crippen LogP contribution in [0.4, 0.5) is 4.79 Å². The number of likely N-dealkylation sites (tertiary alicyclic amines) is 1. The number of rotatable bonds is 5. The summed E-state index contributed by atoms with van der Waals surface area (Å²) in [7, 11) is 4.18. The molecule has 0 radical (unpaired) electrons. The van der Waals surface area contributed by atoms with Gasteiger partial charge in [-0.25, -0.2) is 4.79 Å². The van der Waals surface area contributed by atoms with Crippen molar-refractivity contribution in [3.05, 3.63) is 0 Å². The van der Waals surface area contributed by atoms with Crippen LogP contribution in [-0.4, -0.2) is 67.3 Å². The Morgan fingerprint density at radius 1 is 1.35 bits per heavy atom. The number of hydrogen-bond acceptors (Lipinski definition) is 4. The summed E-state index contributed by atoms with van der Waals surface area (Å²) >= 11 is 0. The smallest absolute Gasteiger partial charge is 0.410 e. The molecule has 118 valence electrons. The molecule has 1 aliphatic heterocycles. The van der Waals surface area contributed by atoms with Gasteiger partial charge in [0.15, 0.2) is 0 Å². The summed E-state index contributed by atoms with van der Waals surface area (Å²) in [4.78, 5) is 15.8. The topological polar surface area (TPSA) is 44.8 Å². The molecule has 0 saturated carbocycles. The van der Waals surface area contributed by atoms with E-state index in [0.29, 0.717) is 18.0 Å². The monoisotopic (exact) mass is 285 g/mol. The minimum atomic E-state index is -0.416. The summed E-state index contributed by atoms with van der Waals surface area (Å²) in [5, 5.41) is 3.64. The Kier molecular flexibility index (Phi) is 5.83. The van der Waals surface area contributed by atoms with Gasteiger partial charge in [0.05, 0.1) is 0 Å². The third-order valence-corrected chi connectivity index (χ3v) is 3.35. The number of nitrogens with one attached hydrogen (secondary N) is 1. The van der Waals surface area contributed by atoms with Crippen molar-refractivity contribution < 1.29 is 9.53 Å². The Hall–Kier alpha value is -0.810. The van der Waals surface area contributed by atoms with Crippen molar-refractivity contribution in [2.75, 3.05) is 33.7 Å². The highest BCUT2D eigenvalue weighted by molar-refractivity contribution is 5.69. The Bertz CT molecular complexity index is 318. The van der Waals surface area contributed by atoms with E-state index in [-0.39, 0.29) is 6.09 Å². The van der Waals surface area contributed by atoms with Crippen LogP contribution in [-0.2, 0) is 4.74 Å². The maximum Gasteiger partial charge on any atom is 0.410 e. The van der Waals surface area contributed by atoms with E-state index in [1.165, 1.54) is 0 Å². The minimum Gasteiger partial charge on any atom is -0.444 e. The Morgan fingerprint density at radius 3 is 2.30 bits per heavy atom. The molecule has 1 heterocycles. The SMILES string of the molecule is CC(C)C(CN(C)C)NC1CN(C(=O)OC(C)(C)C)C1. The number of nitrogens with zero attached hydrogens (tertiary/aromatic N) is 2. The van der Waals surface area contributed by atoms with Gasteiger partial charge < -0.3 is 19.9 Å². The zero-order valence-corrected chi connectivity index (χ0v) is 14.1. The van der Waals surface area contributed by atoms with Gasteiger partial charge in [0.25, 0.3) is 0 Å². The predicted octanol–water partition coefficient (Wildman–Crippen LogP) is 1.78. The van der Waals surface area contributed by atoms with Gasteiger partial charge in [0.2, 0.25) is 0 Å². The molecule has 0 aliphatic carbocycles. The van der Waals surface area contributed by atoms with Crippen molar-refractivity contribution in [3.63, 3.8) is 0 Å². The molecule has 5 nitrogen and oxygen atoms in total. The van der Waals surface area contributed by atoms with E-state index in [0.717, 1.165) is 19.6 Å². The van der Waals surface area contributed by atoms with Gasteiger partial charge >= 0.3 is 6.09 Å². The molecule has 1 unspecified atom stereocenters. The van der Waals surface area contributed by atoms with Crippen LogP contribution < -0.4 is 5.32 Å². The molecule has 1 rings (SSSR count). The lowest BCUT2D eigenvalue weighted by Crippen LogP contribution is -2.63. The van der Waals surface area contributed by atoms with Crippen LogP contribution in [0.15, 0.2) is 0 Å². The predicted molar refractivity (Wildman–Crippen MR) is 81.9 cm³/mol. The van der Waals surface area contributed by atoms with Crippen molar-refractivity contribution in [2.45, 2.75) is 52.3 Å². The first-order valence-corrected chi connectivity index (χ1v) is 7.47. The van der Waals surface area contributed by atoms with E-state index in [9.17, 15) is 4.79 Å². The van der Waals surface area contributed by atoms with Gasteiger partial charge in [-0.1, -0.05) is 13.8 Å². The number of likely N-dealkylation sites (N-methyl/N-ethyl adjacent to an activating group) is 1. The van der Waals surface area contributed by atoms with Gasteiger partial charge in [-0.2, -0.15) is 0 Å². The van der Waals surface area contributed by atoms with Crippen LogP contribution in [0.1, 0.15) is 34.6 Å². The van der Waals surface area contributed by atoms with Crippen LogP contribution in [0.3, 0.4) is 0 Å². The van der Waals surface area contributed by atoms with Crippen molar-refractivity contribution in [2.24, 2.45) is 5.92 Å². The third kappa shape index (κ3) is 5.67. The Morgan fingerprint density at radius 2 is 1.90 bits per heavy atom. The van der Waals surface area contributed by atoms with Crippen molar-refractivity contribution in [1.82, 2.24) is 15.1 Å². The minimum absolute atomic E-state index is 0.204. The molecule has 1 saturated heterocycles. The van der Waals surface area contributed by atoms with E-state index < -0.39 is 5.60 Å². The van der Waals surface area contributed by atoms with Gasteiger partial charge in [0, 0.05) is 31.7 Å². The molecule has 0 aromatic carbocycles. The van der Waals surface area contributed by atoms with Crippen LogP contribution in [0, 0.1) is 5.92 Å². The molecule has 1 N–H and O–H groups in total.